The first kappa shape index (κ1) is 13.0. The second-order valence-electron chi connectivity index (χ2n) is 4.70. The lowest BCUT2D eigenvalue weighted by molar-refractivity contribution is 0.221. The summed E-state index contributed by atoms with van der Waals surface area (Å²) in [6.45, 7) is 3.33. The van der Waals surface area contributed by atoms with Crippen molar-refractivity contribution in [1.82, 2.24) is 0 Å². The molecule has 1 aliphatic rings. The van der Waals surface area contributed by atoms with Crippen LogP contribution in [0.3, 0.4) is 0 Å². The van der Waals surface area contributed by atoms with E-state index in [1.54, 1.807) is 14.2 Å². The molecule has 0 radical (unpaired) electrons. The molecule has 2 unspecified atom stereocenters. The minimum absolute atomic E-state index is 0.240. The van der Waals surface area contributed by atoms with Crippen LogP contribution in [-0.4, -0.2) is 38.5 Å². The Morgan fingerprint density at radius 1 is 1.33 bits per heavy atom. The van der Waals surface area contributed by atoms with Gasteiger partial charge in [-0.2, -0.15) is 0 Å². The number of aliphatic hydroxyl groups excluding tert-OH is 1. The third kappa shape index (κ3) is 2.25. The summed E-state index contributed by atoms with van der Waals surface area (Å²) in [6, 6.07) is 6.13. The molecule has 0 spiro atoms. The third-order valence-corrected chi connectivity index (χ3v) is 3.84. The lowest BCUT2D eigenvalue weighted by Gasteiger charge is -2.28. The van der Waals surface area contributed by atoms with Crippen LogP contribution in [0.1, 0.15) is 13.3 Å². The monoisotopic (exact) mass is 251 g/mol. The molecule has 4 heteroatoms. The number of rotatable bonds is 4. The topological polar surface area (TPSA) is 41.9 Å². The molecule has 0 aromatic heterocycles. The van der Waals surface area contributed by atoms with E-state index >= 15 is 0 Å². The van der Waals surface area contributed by atoms with Crippen LogP contribution in [0.2, 0.25) is 0 Å². The molecular formula is C14H21NO3. The van der Waals surface area contributed by atoms with Crippen molar-refractivity contribution >= 4 is 5.69 Å². The van der Waals surface area contributed by atoms with Crippen LogP contribution in [0, 0.1) is 5.92 Å². The number of hydrogen-bond acceptors (Lipinski definition) is 4. The molecule has 1 aromatic carbocycles. The summed E-state index contributed by atoms with van der Waals surface area (Å²) >= 11 is 0. The molecule has 2 atom stereocenters. The molecule has 1 aromatic rings. The summed E-state index contributed by atoms with van der Waals surface area (Å²) in [7, 11) is 3.34. The second kappa shape index (κ2) is 5.48. The van der Waals surface area contributed by atoms with Crippen LogP contribution in [0.15, 0.2) is 18.2 Å². The van der Waals surface area contributed by atoms with E-state index in [-0.39, 0.29) is 6.61 Å². The molecule has 4 nitrogen and oxygen atoms in total. The SMILES string of the molecule is COc1ccc(OC)c(N2CCC(CO)C2C)c1. The predicted molar refractivity (Wildman–Crippen MR) is 71.5 cm³/mol. The Balaban J connectivity index is 2.31. The van der Waals surface area contributed by atoms with Crippen LogP contribution in [-0.2, 0) is 0 Å². The average Bonchev–Trinajstić information content (AvgIpc) is 2.78. The van der Waals surface area contributed by atoms with Crippen molar-refractivity contribution in [2.75, 3.05) is 32.3 Å². The van der Waals surface area contributed by atoms with Crippen molar-refractivity contribution in [3.8, 4) is 11.5 Å². The molecule has 1 saturated heterocycles. The van der Waals surface area contributed by atoms with Crippen LogP contribution in [0.5, 0.6) is 11.5 Å². The lowest BCUT2D eigenvalue weighted by atomic mass is 10.0. The van der Waals surface area contributed by atoms with Gasteiger partial charge in [0.15, 0.2) is 0 Å². The molecule has 1 heterocycles. The van der Waals surface area contributed by atoms with E-state index in [1.165, 1.54) is 0 Å². The van der Waals surface area contributed by atoms with Crippen molar-refractivity contribution < 1.29 is 14.6 Å². The molecule has 0 bridgehead atoms. The molecule has 0 amide bonds. The fourth-order valence-corrected chi connectivity index (χ4v) is 2.61. The Hall–Kier alpha value is -1.42. The lowest BCUT2D eigenvalue weighted by Crippen LogP contribution is -2.31. The zero-order chi connectivity index (χ0) is 13.1. The van der Waals surface area contributed by atoms with Gasteiger partial charge in [-0.05, 0) is 25.5 Å². The zero-order valence-corrected chi connectivity index (χ0v) is 11.2. The van der Waals surface area contributed by atoms with Crippen LogP contribution >= 0.6 is 0 Å². The maximum absolute atomic E-state index is 9.35. The molecule has 18 heavy (non-hydrogen) atoms. The van der Waals surface area contributed by atoms with Gasteiger partial charge in [0.05, 0.1) is 19.9 Å². The molecule has 0 saturated carbocycles. The maximum Gasteiger partial charge on any atom is 0.142 e. The average molecular weight is 251 g/mol. The van der Waals surface area contributed by atoms with Crippen molar-refractivity contribution in [3.05, 3.63) is 18.2 Å². The van der Waals surface area contributed by atoms with Crippen molar-refractivity contribution in [3.63, 3.8) is 0 Å². The Bertz CT molecular complexity index is 408. The highest BCUT2D eigenvalue weighted by Gasteiger charge is 2.31. The minimum atomic E-state index is 0.240. The number of benzene rings is 1. The second-order valence-corrected chi connectivity index (χ2v) is 4.70. The standard InChI is InChI=1S/C14H21NO3/c1-10-11(9-16)6-7-15(10)13-8-12(17-2)4-5-14(13)18-3/h4-5,8,10-11,16H,6-7,9H2,1-3H3. The summed E-state index contributed by atoms with van der Waals surface area (Å²) in [4.78, 5) is 2.28. The fourth-order valence-electron chi connectivity index (χ4n) is 2.61. The van der Waals surface area contributed by atoms with E-state index in [0.717, 1.165) is 30.2 Å². The molecule has 0 aliphatic carbocycles. The number of hydrogen-bond donors (Lipinski definition) is 1. The van der Waals surface area contributed by atoms with Gasteiger partial charge in [-0.25, -0.2) is 0 Å². The molecule has 1 N–H and O–H groups in total. The summed E-state index contributed by atoms with van der Waals surface area (Å²) in [5.41, 5.74) is 1.04. The van der Waals surface area contributed by atoms with E-state index in [9.17, 15) is 5.11 Å². The van der Waals surface area contributed by atoms with Crippen LogP contribution in [0.4, 0.5) is 5.69 Å². The summed E-state index contributed by atoms with van der Waals surface area (Å²) in [6.07, 6.45) is 1.01. The Labute approximate surface area is 108 Å². The summed E-state index contributed by atoms with van der Waals surface area (Å²) in [5, 5.41) is 9.35. The number of aliphatic hydroxyl groups is 1. The number of anilines is 1. The highest BCUT2D eigenvalue weighted by molar-refractivity contribution is 5.62. The van der Waals surface area contributed by atoms with Crippen molar-refractivity contribution in [2.24, 2.45) is 5.92 Å². The van der Waals surface area contributed by atoms with E-state index in [1.807, 2.05) is 18.2 Å². The Morgan fingerprint density at radius 2 is 2.11 bits per heavy atom. The van der Waals surface area contributed by atoms with E-state index in [2.05, 4.69) is 11.8 Å². The van der Waals surface area contributed by atoms with Crippen molar-refractivity contribution in [2.45, 2.75) is 19.4 Å². The predicted octanol–water partition coefficient (Wildman–Crippen LogP) is 1.91. The van der Waals surface area contributed by atoms with E-state index in [4.69, 9.17) is 9.47 Å². The number of nitrogens with zero attached hydrogens (tertiary/aromatic N) is 1. The normalized spacial score (nSPS) is 23.2. The van der Waals surface area contributed by atoms with Gasteiger partial charge >= 0.3 is 0 Å². The first-order chi connectivity index (χ1) is 8.71. The number of methoxy groups -OCH3 is 2. The van der Waals surface area contributed by atoms with E-state index in [0.29, 0.717) is 12.0 Å². The molecular weight excluding hydrogens is 230 g/mol. The molecule has 1 fully saturated rings. The number of ether oxygens (including phenoxy) is 2. The summed E-state index contributed by atoms with van der Waals surface area (Å²) in [5.74, 6) is 2.01. The molecule has 1 aliphatic heterocycles. The first-order valence-corrected chi connectivity index (χ1v) is 6.30. The quantitative estimate of drug-likeness (QED) is 0.887. The maximum atomic E-state index is 9.35. The zero-order valence-electron chi connectivity index (χ0n) is 11.2. The Morgan fingerprint density at radius 3 is 2.67 bits per heavy atom. The van der Waals surface area contributed by atoms with Gasteiger partial charge in [-0.1, -0.05) is 0 Å². The first-order valence-electron chi connectivity index (χ1n) is 6.30. The summed E-state index contributed by atoms with van der Waals surface area (Å²) < 4.78 is 10.7. The van der Waals surface area contributed by atoms with Gasteiger partial charge < -0.3 is 19.5 Å². The minimum Gasteiger partial charge on any atom is -0.497 e. The van der Waals surface area contributed by atoms with Crippen LogP contribution < -0.4 is 14.4 Å². The highest BCUT2D eigenvalue weighted by Crippen LogP contribution is 2.37. The van der Waals surface area contributed by atoms with Crippen LogP contribution in [0.25, 0.3) is 0 Å². The van der Waals surface area contributed by atoms with E-state index < -0.39 is 0 Å². The Kier molecular flexibility index (Phi) is 3.97. The largest absolute Gasteiger partial charge is 0.497 e. The van der Waals surface area contributed by atoms with Crippen molar-refractivity contribution in [1.29, 1.82) is 0 Å². The smallest absolute Gasteiger partial charge is 0.142 e. The van der Waals surface area contributed by atoms with Gasteiger partial charge in [0.1, 0.15) is 11.5 Å². The van der Waals surface area contributed by atoms with Gasteiger partial charge in [-0.3, -0.25) is 0 Å². The van der Waals surface area contributed by atoms with Gasteiger partial charge in [-0.15, -0.1) is 0 Å². The fraction of sp³-hybridized carbons (Fsp3) is 0.571. The highest BCUT2D eigenvalue weighted by atomic mass is 16.5. The molecule has 2 rings (SSSR count). The molecule has 100 valence electrons. The third-order valence-electron chi connectivity index (χ3n) is 3.84. The van der Waals surface area contributed by atoms with Gasteiger partial charge in [0.2, 0.25) is 0 Å². The van der Waals surface area contributed by atoms with Gasteiger partial charge in [0, 0.05) is 31.2 Å². The van der Waals surface area contributed by atoms with Gasteiger partial charge in [0.25, 0.3) is 0 Å².